The molecule has 84 valence electrons. The molecule has 1 N–H and O–H groups in total. The van der Waals surface area contributed by atoms with E-state index in [-0.39, 0.29) is 6.61 Å². The number of nitrogens with zero attached hydrogens (tertiary/aromatic N) is 1. The zero-order valence-corrected chi connectivity index (χ0v) is 8.95. The van der Waals surface area contributed by atoms with Crippen molar-refractivity contribution >= 4 is 0 Å². The highest BCUT2D eigenvalue weighted by Gasteiger charge is 2.16. The summed E-state index contributed by atoms with van der Waals surface area (Å²) in [5, 5.41) is 8.50. The maximum atomic E-state index is 8.50. The van der Waals surface area contributed by atoms with Gasteiger partial charge in [-0.25, -0.2) is 0 Å². The van der Waals surface area contributed by atoms with E-state index in [0.717, 1.165) is 19.7 Å². The normalized spacial score (nSPS) is 22.1. The average molecular weight is 203 g/mol. The smallest absolute Gasteiger partial charge is 0.0702 e. The van der Waals surface area contributed by atoms with Gasteiger partial charge in [0.15, 0.2) is 0 Å². The molecule has 0 amide bonds. The van der Waals surface area contributed by atoms with Crippen LogP contribution >= 0.6 is 0 Å². The van der Waals surface area contributed by atoms with E-state index in [1.54, 1.807) is 0 Å². The van der Waals surface area contributed by atoms with E-state index < -0.39 is 0 Å². The summed E-state index contributed by atoms with van der Waals surface area (Å²) < 4.78 is 10.7. The molecule has 4 heteroatoms. The highest BCUT2D eigenvalue weighted by atomic mass is 16.5. The molecule has 0 spiro atoms. The van der Waals surface area contributed by atoms with Crippen LogP contribution in [0.5, 0.6) is 0 Å². The first kappa shape index (κ1) is 11.9. The minimum absolute atomic E-state index is 0.107. The number of aliphatic hydroxyl groups excluding tert-OH is 1. The highest BCUT2D eigenvalue weighted by Crippen LogP contribution is 2.12. The topological polar surface area (TPSA) is 41.9 Å². The van der Waals surface area contributed by atoms with Crippen LogP contribution < -0.4 is 0 Å². The zero-order valence-electron chi connectivity index (χ0n) is 8.95. The number of rotatable bonds is 7. The highest BCUT2D eigenvalue weighted by molar-refractivity contribution is 4.68. The Labute approximate surface area is 85.8 Å². The van der Waals surface area contributed by atoms with E-state index in [0.29, 0.717) is 19.3 Å². The maximum Gasteiger partial charge on any atom is 0.0702 e. The molecule has 0 aromatic rings. The minimum atomic E-state index is 0.107. The molecule has 1 heterocycles. The van der Waals surface area contributed by atoms with Crippen molar-refractivity contribution in [1.29, 1.82) is 0 Å². The predicted octanol–water partition coefficient (Wildman–Crippen LogP) is 0.106. The van der Waals surface area contributed by atoms with Crippen LogP contribution in [0.15, 0.2) is 0 Å². The van der Waals surface area contributed by atoms with Gasteiger partial charge in [-0.3, -0.25) is 0 Å². The molecule has 0 saturated carbocycles. The lowest BCUT2D eigenvalue weighted by Gasteiger charge is -2.20. The Hall–Kier alpha value is -0.160. The third-order valence-corrected chi connectivity index (χ3v) is 2.39. The van der Waals surface area contributed by atoms with E-state index in [1.807, 2.05) is 0 Å². The molecule has 1 aliphatic heterocycles. The molecular weight excluding hydrogens is 182 g/mol. The first-order valence-corrected chi connectivity index (χ1v) is 5.31. The van der Waals surface area contributed by atoms with Gasteiger partial charge < -0.3 is 19.5 Å². The van der Waals surface area contributed by atoms with Crippen molar-refractivity contribution in [2.24, 2.45) is 0 Å². The first-order valence-electron chi connectivity index (χ1n) is 5.31. The lowest BCUT2D eigenvalue weighted by molar-refractivity contribution is 0.0532. The van der Waals surface area contributed by atoms with E-state index in [1.165, 1.54) is 12.8 Å². The molecule has 0 aromatic heterocycles. The average Bonchev–Trinajstić information content (AvgIpc) is 2.65. The van der Waals surface area contributed by atoms with Crippen molar-refractivity contribution in [3.05, 3.63) is 0 Å². The van der Waals surface area contributed by atoms with Crippen LogP contribution in [0, 0.1) is 0 Å². The second kappa shape index (κ2) is 7.17. The van der Waals surface area contributed by atoms with Crippen molar-refractivity contribution in [3.63, 3.8) is 0 Å². The molecule has 1 atom stereocenters. The van der Waals surface area contributed by atoms with Gasteiger partial charge in [-0.15, -0.1) is 0 Å². The Morgan fingerprint density at radius 1 is 1.50 bits per heavy atom. The van der Waals surface area contributed by atoms with Crippen molar-refractivity contribution in [2.45, 2.75) is 18.9 Å². The van der Waals surface area contributed by atoms with Crippen LogP contribution in [-0.2, 0) is 9.47 Å². The second-order valence-electron chi connectivity index (χ2n) is 3.73. The van der Waals surface area contributed by atoms with Crippen LogP contribution in [0.4, 0.5) is 0 Å². The number of ether oxygens (including phenoxy) is 2. The molecule has 1 rings (SSSR count). The van der Waals surface area contributed by atoms with Crippen molar-refractivity contribution in [1.82, 2.24) is 4.90 Å². The van der Waals surface area contributed by atoms with Gasteiger partial charge in [0.05, 0.1) is 25.9 Å². The lowest BCUT2D eigenvalue weighted by Crippen LogP contribution is -2.31. The summed E-state index contributed by atoms with van der Waals surface area (Å²) in [6.45, 7) is 4.04. The Balaban J connectivity index is 1.95. The second-order valence-corrected chi connectivity index (χ2v) is 3.73. The van der Waals surface area contributed by atoms with Crippen LogP contribution in [0.1, 0.15) is 12.8 Å². The van der Waals surface area contributed by atoms with Crippen molar-refractivity contribution < 1.29 is 14.6 Å². The molecule has 1 aliphatic rings. The van der Waals surface area contributed by atoms with Crippen LogP contribution in [0.25, 0.3) is 0 Å². The molecule has 1 unspecified atom stereocenters. The van der Waals surface area contributed by atoms with E-state index in [4.69, 9.17) is 14.6 Å². The van der Waals surface area contributed by atoms with Gasteiger partial charge in [0.1, 0.15) is 0 Å². The third kappa shape index (κ3) is 4.91. The van der Waals surface area contributed by atoms with Gasteiger partial charge in [0.25, 0.3) is 0 Å². The molecule has 0 radical (unpaired) electrons. The van der Waals surface area contributed by atoms with Crippen LogP contribution in [-0.4, -0.2) is 62.7 Å². The Morgan fingerprint density at radius 3 is 3.00 bits per heavy atom. The first-order chi connectivity index (χ1) is 6.83. The third-order valence-electron chi connectivity index (χ3n) is 2.39. The summed E-state index contributed by atoms with van der Waals surface area (Å²) in [6, 6.07) is 0. The number of aliphatic hydroxyl groups is 1. The molecule has 0 bridgehead atoms. The summed E-state index contributed by atoms with van der Waals surface area (Å²) >= 11 is 0. The van der Waals surface area contributed by atoms with Gasteiger partial charge >= 0.3 is 0 Å². The lowest BCUT2D eigenvalue weighted by atomic mass is 10.2. The van der Waals surface area contributed by atoms with Gasteiger partial charge in [0, 0.05) is 19.7 Å². The van der Waals surface area contributed by atoms with Crippen molar-refractivity contribution in [2.75, 3.05) is 46.6 Å². The minimum Gasteiger partial charge on any atom is -0.394 e. The fraction of sp³-hybridized carbons (Fsp3) is 1.00. The van der Waals surface area contributed by atoms with Gasteiger partial charge in [-0.05, 0) is 19.9 Å². The summed E-state index contributed by atoms with van der Waals surface area (Å²) in [4.78, 5) is 2.22. The number of likely N-dealkylation sites (N-methyl/N-ethyl adjacent to an activating group) is 1. The van der Waals surface area contributed by atoms with E-state index in [9.17, 15) is 0 Å². The summed E-state index contributed by atoms with van der Waals surface area (Å²) in [7, 11) is 2.07. The summed E-state index contributed by atoms with van der Waals surface area (Å²) in [5.41, 5.74) is 0. The fourth-order valence-electron chi connectivity index (χ4n) is 1.61. The molecule has 1 saturated heterocycles. The SMILES string of the molecule is CN(CCOCCO)CC1CCCO1. The zero-order chi connectivity index (χ0) is 10.2. The van der Waals surface area contributed by atoms with Gasteiger partial charge in [-0.1, -0.05) is 0 Å². The fourth-order valence-corrected chi connectivity index (χ4v) is 1.61. The Kier molecular flexibility index (Phi) is 6.10. The summed E-state index contributed by atoms with van der Waals surface area (Å²) in [5.74, 6) is 0. The number of hydrogen-bond acceptors (Lipinski definition) is 4. The molecule has 0 aromatic carbocycles. The molecule has 1 fully saturated rings. The molecule has 14 heavy (non-hydrogen) atoms. The monoisotopic (exact) mass is 203 g/mol. The van der Waals surface area contributed by atoms with Gasteiger partial charge in [-0.2, -0.15) is 0 Å². The maximum absolute atomic E-state index is 8.50. The standard InChI is InChI=1S/C10H21NO3/c1-11(4-7-13-8-5-12)9-10-3-2-6-14-10/h10,12H,2-9H2,1H3. The van der Waals surface area contributed by atoms with Crippen LogP contribution in [0.2, 0.25) is 0 Å². The van der Waals surface area contributed by atoms with E-state index in [2.05, 4.69) is 11.9 Å². The Bertz CT molecular complexity index is 137. The van der Waals surface area contributed by atoms with Gasteiger partial charge in [0.2, 0.25) is 0 Å². The van der Waals surface area contributed by atoms with E-state index >= 15 is 0 Å². The molecule has 4 nitrogen and oxygen atoms in total. The predicted molar refractivity (Wildman–Crippen MR) is 54.4 cm³/mol. The largest absolute Gasteiger partial charge is 0.394 e. The Morgan fingerprint density at radius 2 is 2.36 bits per heavy atom. The number of hydrogen-bond donors (Lipinski definition) is 1. The quantitative estimate of drug-likeness (QED) is 0.596. The molecular formula is C10H21NO3. The molecule has 0 aliphatic carbocycles. The summed E-state index contributed by atoms with van der Waals surface area (Å²) in [6.07, 6.45) is 2.79. The van der Waals surface area contributed by atoms with Crippen LogP contribution in [0.3, 0.4) is 0 Å². The van der Waals surface area contributed by atoms with Crippen molar-refractivity contribution in [3.8, 4) is 0 Å².